The third kappa shape index (κ3) is 5.15. The Hall–Kier alpha value is -1.72. The summed E-state index contributed by atoms with van der Waals surface area (Å²) in [5, 5.41) is 1.19. The summed E-state index contributed by atoms with van der Waals surface area (Å²) >= 11 is 15.9. The monoisotopic (exact) mass is 450 g/mol. The number of hydrogen-bond acceptors (Lipinski definition) is 3. The number of anilines is 1. The number of benzene rings is 3. The van der Waals surface area contributed by atoms with Crippen LogP contribution in [-0.4, -0.2) is 0 Å². The van der Waals surface area contributed by atoms with Gasteiger partial charge in [-0.1, -0.05) is 63.4 Å². The lowest BCUT2D eigenvalue weighted by Crippen LogP contribution is -2.21. The Morgan fingerprint density at radius 2 is 1.62 bits per heavy atom. The van der Waals surface area contributed by atoms with Crippen molar-refractivity contribution in [3.63, 3.8) is 0 Å². The maximum absolute atomic E-state index is 6.22. The summed E-state index contributed by atoms with van der Waals surface area (Å²) < 4.78 is 6.97. The van der Waals surface area contributed by atoms with E-state index in [9.17, 15) is 0 Å². The van der Waals surface area contributed by atoms with Gasteiger partial charge in [-0.05, 0) is 42.5 Å². The van der Waals surface area contributed by atoms with Crippen LogP contribution < -0.4 is 15.6 Å². The molecule has 3 rings (SSSR count). The number of halogens is 3. The molecule has 0 saturated carbocycles. The van der Waals surface area contributed by atoms with Crippen LogP contribution in [0.3, 0.4) is 0 Å². The topological polar surface area (TPSA) is 33.3 Å². The van der Waals surface area contributed by atoms with Crippen molar-refractivity contribution in [1.29, 1.82) is 0 Å². The van der Waals surface area contributed by atoms with E-state index in [1.54, 1.807) is 12.1 Å². The minimum atomic E-state index is 0.305. The first-order chi connectivity index (χ1) is 12.6. The molecule has 0 heterocycles. The van der Waals surface area contributed by atoms with Crippen LogP contribution in [-0.2, 0) is 13.2 Å². The molecular weight excluding hydrogens is 435 g/mol. The highest BCUT2D eigenvalue weighted by Gasteiger charge is 2.09. The van der Waals surface area contributed by atoms with Crippen LogP contribution in [0.1, 0.15) is 11.1 Å². The molecule has 0 unspecified atom stereocenters. The van der Waals surface area contributed by atoms with Gasteiger partial charge in [0.05, 0.1) is 0 Å². The van der Waals surface area contributed by atoms with E-state index in [1.807, 2.05) is 54.6 Å². The lowest BCUT2D eigenvalue weighted by Gasteiger charge is -2.15. The number of rotatable bonds is 7. The van der Waals surface area contributed by atoms with E-state index in [4.69, 9.17) is 27.9 Å². The normalized spacial score (nSPS) is 10.6. The van der Waals surface area contributed by atoms with Gasteiger partial charge < -0.3 is 10.2 Å². The van der Waals surface area contributed by atoms with Crippen LogP contribution in [0, 0.1) is 0 Å². The maximum Gasteiger partial charge on any atom is 0.124 e. The van der Waals surface area contributed by atoms with Crippen molar-refractivity contribution in [2.45, 2.75) is 13.2 Å². The second kappa shape index (κ2) is 9.28. The van der Waals surface area contributed by atoms with E-state index >= 15 is 0 Å². The van der Waals surface area contributed by atoms with E-state index in [0.29, 0.717) is 23.2 Å². The molecule has 0 radical (unpaired) electrons. The Bertz CT molecular complexity index is 855. The summed E-state index contributed by atoms with van der Waals surface area (Å²) in [6, 6.07) is 21.2. The van der Waals surface area contributed by atoms with Crippen molar-refractivity contribution in [2.24, 2.45) is 0 Å². The summed E-state index contributed by atoms with van der Waals surface area (Å²) in [5.74, 6) is 0.770. The van der Waals surface area contributed by atoms with E-state index in [1.165, 1.54) is 0 Å². The molecule has 0 aliphatic heterocycles. The predicted molar refractivity (Wildman–Crippen MR) is 112 cm³/mol. The smallest absolute Gasteiger partial charge is 0.124 e. The van der Waals surface area contributed by atoms with Gasteiger partial charge in [-0.15, -0.1) is 0 Å². The molecule has 3 aromatic carbocycles. The molecule has 0 aromatic heterocycles. The van der Waals surface area contributed by atoms with Crippen LogP contribution in [0.5, 0.6) is 5.75 Å². The first kappa shape index (κ1) is 19.1. The zero-order valence-corrected chi connectivity index (χ0v) is 16.9. The van der Waals surface area contributed by atoms with Gasteiger partial charge in [0.15, 0.2) is 0 Å². The number of hydrogen-bond donors (Lipinski definition) is 2. The molecule has 0 saturated heterocycles. The van der Waals surface area contributed by atoms with Gasteiger partial charge in [0.1, 0.15) is 12.4 Å². The van der Waals surface area contributed by atoms with Crippen LogP contribution in [0.15, 0.2) is 71.2 Å². The fraction of sp³-hybridized carbons (Fsp3) is 0.100. The largest absolute Gasteiger partial charge is 0.488 e. The standard InChI is InChI=1S/C20H17BrCl2N2O/c21-15-9-10-20(26-13-17-18(22)7-4-8-19(17)23)14(11-15)12-24-25-16-5-2-1-3-6-16/h1-11,24-25H,12-13H2. The average Bonchev–Trinajstić information content (AvgIpc) is 2.64. The van der Waals surface area contributed by atoms with Crippen molar-refractivity contribution in [1.82, 2.24) is 5.43 Å². The Balaban J connectivity index is 1.67. The molecular formula is C20H17BrCl2N2O. The van der Waals surface area contributed by atoms with Crippen LogP contribution in [0.2, 0.25) is 10.0 Å². The third-order valence-electron chi connectivity index (χ3n) is 3.74. The Kier molecular flexibility index (Phi) is 6.80. The molecule has 0 atom stereocenters. The summed E-state index contributed by atoms with van der Waals surface area (Å²) in [7, 11) is 0. The lowest BCUT2D eigenvalue weighted by atomic mass is 10.2. The second-order valence-electron chi connectivity index (χ2n) is 5.59. The van der Waals surface area contributed by atoms with Gasteiger partial charge in [0.2, 0.25) is 0 Å². The molecule has 26 heavy (non-hydrogen) atoms. The summed E-state index contributed by atoms with van der Waals surface area (Å²) in [6.45, 7) is 0.888. The maximum atomic E-state index is 6.22. The van der Waals surface area contributed by atoms with Crippen LogP contribution in [0.25, 0.3) is 0 Å². The molecule has 0 fully saturated rings. The molecule has 6 heteroatoms. The molecule has 0 amide bonds. The van der Waals surface area contributed by atoms with E-state index in [0.717, 1.165) is 27.0 Å². The highest BCUT2D eigenvalue weighted by Crippen LogP contribution is 2.28. The highest BCUT2D eigenvalue weighted by atomic mass is 79.9. The fourth-order valence-electron chi connectivity index (χ4n) is 2.41. The molecule has 0 bridgehead atoms. The first-order valence-electron chi connectivity index (χ1n) is 8.01. The molecule has 0 aliphatic rings. The van der Waals surface area contributed by atoms with Crippen LogP contribution in [0.4, 0.5) is 5.69 Å². The van der Waals surface area contributed by atoms with E-state index < -0.39 is 0 Å². The molecule has 0 spiro atoms. The Morgan fingerprint density at radius 3 is 2.35 bits per heavy atom. The van der Waals surface area contributed by atoms with Crippen molar-refractivity contribution in [2.75, 3.05) is 5.43 Å². The molecule has 3 nitrogen and oxygen atoms in total. The van der Waals surface area contributed by atoms with E-state index in [2.05, 4.69) is 26.8 Å². The van der Waals surface area contributed by atoms with Crippen LogP contribution >= 0.6 is 39.1 Å². The quantitative estimate of drug-likeness (QED) is 0.405. The first-order valence-corrected chi connectivity index (χ1v) is 9.56. The molecule has 3 aromatic rings. The van der Waals surface area contributed by atoms with Crippen molar-refractivity contribution >= 4 is 44.8 Å². The van der Waals surface area contributed by atoms with E-state index in [-0.39, 0.29) is 0 Å². The number of hydrazine groups is 1. The fourth-order valence-corrected chi connectivity index (χ4v) is 3.33. The predicted octanol–water partition coefficient (Wildman–Crippen LogP) is 6.45. The van der Waals surface area contributed by atoms with Gasteiger partial charge in [-0.3, -0.25) is 0 Å². The average molecular weight is 452 g/mol. The summed E-state index contributed by atoms with van der Waals surface area (Å²) in [5.41, 5.74) is 9.15. The van der Waals surface area contributed by atoms with Crippen molar-refractivity contribution in [3.8, 4) is 5.75 Å². The van der Waals surface area contributed by atoms with Crippen molar-refractivity contribution < 1.29 is 4.74 Å². The highest BCUT2D eigenvalue weighted by molar-refractivity contribution is 9.10. The van der Waals surface area contributed by atoms with Gasteiger partial charge in [0.25, 0.3) is 0 Å². The van der Waals surface area contributed by atoms with Crippen molar-refractivity contribution in [3.05, 3.63) is 92.4 Å². The lowest BCUT2D eigenvalue weighted by molar-refractivity contribution is 0.302. The molecule has 0 aliphatic carbocycles. The summed E-state index contributed by atoms with van der Waals surface area (Å²) in [6.07, 6.45) is 0. The van der Waals surface area contributed by atoms with Gasteiger partial charge in [-0.2, -0.15) is 0 Å². The SMILES string of the molecule is Clc1cccc(Cl)c1COc1ccc(Br)cc1CNNc1ccccc1. The minimum Gasteiger partial charge on any atom is -0.488 e. The number of ether oxygens (including phenoxy) is 1. The zero-order valence-electron chi connectivity index (χ0n) is 13.8. The van der Waals surface area contributed by atoms with Gasteiger partial charge in [-0.25, -0.2) is 5.43 Å². The number of para-hydroxylation sites is 1. The van der Waals surface area contributed by atoms with Gasteiger partial charge >= 0.3 is 0 Å². The number of nitrogens with one attached hydrogen (secondary N) is 2. The Morgan fingerprint density at radius 1 is 0.885 bits per heavy atom. The zero-order chi connectivity index (χ0) is 18.4. The Labute approximate surface area is 171 Å². The molecule has 134 valence electrons. The van der Waals surface area contributed by atoms with Gasteiger partial charge in [0, 0.05) is 37.9 Å². The summed E-state index contributed by atoms with van der Waals surface area (Å²) in [4.78, 5) is 0. The molecule has 2 N–H and O–H groups in total. The minimum absolute atomic E-state index is 0.305. The third-order valence-corrected chi connectivity index (χ3v) is 4.94. The second-order valence-corrected chi connectivity index (χ2v) is 7.32.